The highest BCUT2D eigenvalue weighted by molar-refractivity contribution is 5.95. The first kappa shape index (κ1) is 17.7. The van der Waals surface area contributed by atoms with E-state index in [4.69, 9.17) is 4.74 Å². The molecule has 0 aromatic heterocycles. The summed E-state index contributed by atoms with van der Waals surface area (Å²) in [5.74, 6) is -0.904. The van der Waals surface area contributed by atoms with E-state index in [2.05, 4.69) is 5.32 Å². The number of rotatable bonds is 3. The monoisotopic (exact) mass is 368 g/mol. The lowest BCUT2D eigenvalue weighted by molar-refractivity contribution is 0.0693. The molecular formula is C21H21FN2O3. The van der Waals surface area contributed by atoms with Gasteiger partial charge < -0.3 is 15.0 Å². The van der Waals surface area contributed by atoms with Gasteiger partial charge in [0.25, 0.3) is 11.8 Å². The van der Waals surface area contributed by atoms with Gasteiger partial charge in [-0.3, -0.25) is 9.59 Å². The molecule has 0 aliphatic carbocycles. The van der Waals surface area contributed by atoms with Crippen LogP contribution < -0.4 is 5.32 Å². The Morgan fingerprint density at radius 1 is 1.04 bits per heavy atom. The van der Waals surface area contributed by atoms with Crippen molar-refractivity contribution < 1.29 is 18.7 Å². The van der Waals surface area contributed by atoms with E-state index in [1.54, 1.807) is 17.0 Å². The first-order valence-corrected chi connectivity index (χ1v) is 9.16. The van der Waals surface area contributed by atoms with E-state index in [0.717, 1.165) is 11.1 Å². The third kappa shape index (κ3) is 3.71. The third-order valence-electron chi connectivity index (χ3n) is 5.21. The Bertz CT molecular complexity index is 875. The van der Waals surface area contributed by atoms with E-state index in [1.807, 2.05) is 18.2 Å². The van der Waals surface area contributed by atoms with E-state index in [1.165, 1.54) is 12.1 Å². The van der Waals surface area contributed by atoms with E-state index >= 15 is 0 Å². The molecule has 2 aliphatic rings. The molecule has 6 heteroatoms. The van der Waals surface area contributed by atoms with E-state index in [9.17, 15) is 14.0 Å². The van der Waals surface area contributed by atoms with Gasteiger partial charge in [-0.1, -0.05) is 18.2 Å². The number of hydrogen-bond acceptors (Lipinski definition) is 3. The molecule has 5 nitrogen and oxygen atoms in total. The van der Waals surface area contributed by atoms with Crippen LogP contribution in [0, 0.1) is 5.82 Å². The van der Waals surface area contributed by atoms with Gasteiger partial charge in [0.15, 0.2) is 0 Å². The minimum absolute atomic E-state index is 0.00618. The summed E-state index contributed by atoms with van der Waals surface area (Å²) in [6.07, 6.45) is 1.31. The highest BCUT2D eigenvalue weighted by Crippen LogP contribution is 2.21. The molecule has 0 saturated carbocycles. The van der Waals surface area contributed by atoms with E-state index < -0.39 is 5.82 Å². The van der Waals surface area contributed by atoms with Crippen LogP contribution in [0.5, 0.6) is 0 Å². The zero-order chi connectivity index (χ0) is 18.8. The Labute approximate surface area is 157 Å². The van der Waals surface area contributed by atoms with Gasteiger partial charge in [0, 0.05) is 24.7 Å². The van der Waals surface area contributed by atoms with Gasteiger partial charge >= 0.3 is 0 Å². The fraction of sp³-hybridized carbons (Fsp3) is 0.333. The van der Waals surface area contributed by atoms with Crippen LogP contribution in [-0.2, 0) is 18.0 Å². The minimum atomic E-state index is -0.501. The Kier molecular flexibility index (Phi) is 4.90. The van der Waals surface area contributed by atoms with Crippen LogP contribution in [-0.4, -0.2) is 35.8 Å². The summed E-state index contributed by atoms with van der Waals surface area (Å²) in [5, 5.41) is 3.05. The Morgan fingerprint density at radius 2 is 1.78 bits per heavy atom. The number of benzene rings is 2. The normalized spacial score (nSPS) is 16.9. The van der Waals surface area contributed by atoms with Crippen molar-refractivity contribution in [1.29, 1.82) is 0 Å². The molecule has 0 radical (unpaired) electrons. The number of halogens is 1. The molecule has 4 rings (SSSR count). The zero-order valence-electron chi connectivity index (χ0n) is 14.9. The number of carbonyl (C=O) groups excluding carboxylic acids is 2. The minimum Gasteiger partial charge on any atom is -0.372 e. The number of hydrogen-bond donors (Lipinski definition) is 1. The summed E-state index contributed by atoms with van der Waals surface area (Å²) < 4.78 is 19.2. The maximum atomic E-state index is 13.8. The Morgan fingerprint density at radius 3 is 2.56 bits per heavy atom. The number of piperidine rings is 1. The highest BCUT2D eigenvalue weighted by Gasteiger charge is 2.26. The van der Waals surface area contributed by atoms with Crippen molar-refractivity contribution >= 4 is 11.8 Å². The number of nitrogens with zero attached hydrogens (tertiary/aromatic N) is 1. The van der Waals surface area contributed by atoms with Gasteiger partial charge in [-0.05, 0) is 48.2 Å². The molecule has 1 fully saturated rings. The number of ether oxygens (including phenoxy) is 1. The fourth-order valence-corrected chi connectivity index (χ4v) is 3.61. The molecule has 27 heavy (non-hydrogen) atoms. The molecule has 140 valence electrons. The standard InChI is InChI=1S/C21H21FN2O3/c22-19-4-2-1-3-18(19)21(26)24-9-7-17(8-10-24)23-20(25)14-5-6-15-12-27-13-16(15)11-14/h1-6,11,17H,7-10,12-13H2,(H,23,25). The fourth-order valence-electron chi connectivity index (χ4n) is 3.61. The molecule has 0 bridgehead atoms. The molecule has 1 N–H and O–H groups in total. The summed E-state index contributed by atoms with van der Waals surface area (Å²) in [6, 6.07) is 11.7. The average molecular weight is 368 g/mol. The first-order chi connectivity index (χ1) is 13.1. The quantitative estimate of drug-likeness (QED) is 0.906. The molecule has 0 spiro atoms. The van der Waals surface area contributed by atoms with Crippen molar-refractivity contribution in [3.05, 3.63) is 70.5 Å². The number of amides is 2. The molecule has 2 aliphatic heterocycles. The lowest BCUT2D eigenvalue weighted by Crippen LogP contribution is -2.46. The average Bonchev–Trinajstić information content (AvgIpc) is 3.16. The summed E-state index contributed by atoms with van der Waals surface area (Å²) in [5.41, 5.74) is 2.92. The summed E-state index contributed by atoms with van der Waals surface area (Å²) >= 11 is 0. The number of carbonyl (C=O) groups is 2. The molecule has 2 heterocycles. The number of nitrogens with one attached hydrogen (secondary N) is 1. The second kappa shape index (κ2) is 7.48. The molecule has 2 aromatic carbocycles. The molecular weight excluding hydrogens is 347 g/mol. The van der Waals surface area contributed by atoms with Gasteiger partial charge in [0.1, 0.15) is 5.82 Å². The first-order valence-electron chi connectivity index (χ1n) is 9.16. The molecule has 2 aromatic rings. The smallest absolute Gasteiger partial charge is 0.256 e. The van der Waals surface area contributed by atoms with Gasteiger partial charge in [-0.2, -0.15) is 0 Å². The van der Waals surface area contributed by atoms with Crippen LogP contribution in [0.15, 0.2) is 42.5 Å². The van der Waals surface area contributed by atoms with E-state index in [0.29, 0.717) is 44.7 Å². The zero-order valence-corrected chi connectivity index (χ0v) is 14.9. The largest absolute Gasteiger partial charge is 0.372 e. The maximum Gasteiger partial charge on any atom is 0.256 e. The maximum absolute atomic E-state index is 13.8. The number of likely N-dealkylation sites (tertiary alicyclic amines) is 1. The van der Waals surface area contributed by atoms with Crippen LogP contribution in [0.3, 0.4) is 0 Å². The molecule has 2 amide bonds. The van der Waals surface area contributed by atoms with Crippen molar-refractivity contribution in [1.82, 2.24) is 10.2 Å². The van der Waals surface area contributed by atoms with Crippen molar-refractivity contribution in [2.75, 3.05) is 13.1 Å². The van der Waals surface area contributed by atoms with Gasteiger partial charge in [-0.25, -0.2) is 4.39 Å². The van der Waals surface area contributed by atoms with Crippen LogP contribution in [0.1, 0.15) is 44.7 Å². The van der Waals surface area contributed by atoms with Crippen molar-refractivity contribution in [3.8, 4) is 0 Å². The topological polar surface area (TPSA) is 58.6 Å². The lowest BCUT2D eigenvalue weighted by Gasteiger charge is -2.32. The van der Waals surface area contributed by atoms with Crippen LogP contribution in [0.2, 0.25) is 0 Å². The molecule has 0 atom stereocenters. The van der Waals surface area contributed by atoms with Crippen molar-refractivity contribution in [3.63, 3.8) is 0 Å². The van der Waals surface area contributed by atoms with Crippen LogP contribution in [0.4, 0.5) is 4.39 Å². The van der Waals surface area contributed by atoms with Gasteiger partial charge in [-0.15, -0.1) is 0 Å². The third-order valence-corrected chi connectivity index (χ3v) is 5.21. The Hall–Kier alpha value is -2.73. The predicted octanol–water partition coefficient (Wildman–Crippen LogP) is 2.89. The second-order valence-corrected chi connectivity index (χ2v) is 7.00. The summed E-state index contributed by atoms with van der Waals surface area (Å²) in [7, 11) is 0. The second-order valence-electron chi connectivity index (χ2n) is 7.00. The van der Waals surface area contributed by atoms with Crippen LogP contribution in [0.25, 0.3) is 0 Å². The summed E-state index contributed by atoms with van der Waals surface area (Å²) in [6.45, 7) is 2.14. The van der Waals surface area contributed by atoms with E-state index in [-0.39, 0.29) is 23.4 Å². The van der Waals surface area contributed by atoms with Gasteiger partial charge in [0.2, 0.25) is 0 Å². The SMILES string of the molecule is O=C(NC1CCN(C(=O)c2ccccc2F)CC1)c1ccc2c(c1)COC2. The van der Waals surface area contributed by atoms with Crippen molar-refractivity contribution in [2.24, 2.45) is 0 Å². The predicted molar refractivity (Wildman–Crippen MR) is 97.7 cm³/mol. The molecule has 1 saturated heterocycles. The van der Waals surface area contributed by atoms with Gasteiger partial charge in [0.05, 0.1) is 18.8 Å². The lowest BCUT2D eigenvalue weighted by atomic mass is 10.0. The van der Waals surface area contributed by atoms with Crippen LogP contribution >= 0.6 is 0 Å². The molecule has 0 unspecified atom stereocenters. The highest BCUT2D eigenvalue weighted by atomic mass is 19.1. The number of fused-ring (bicyclic) bond motifs is 1. The Balaban J connectivity index is 1.33. The van der Waals surface area contributed by atoms with Crippen molar-refractivity contribution in [2.45, 2.75) is 32.1 Å². The summed E-state index contributed by atoms with van der Waals surface area (Å²) in [4.78, 5) is 26.6.